The normalized spacial score (nSPS) is 11.8. The van der Waals surface area contributed by atoms with Crippen LogP contribution in [0.15, 0.2) is 36.4 Å². The summed E-state index contributed by atoms with van der Waals surface area (Å²) in [7, 11) is 0. The number of rotatable bonds is 4. The number of para-hydroxylation sites is 2. The van der Waals surface area contributed by atoms with Crippen LogP contribution in [0.1, 0.15) is 48.5 Å². The molecule has 4 rings (SSSR count). The summed E-state index contributed by atoms with van der Waals surface area (Å²) in [5, 5.41) is 0. The highest BCUT2D eigenvalue weighted by atomic mass is 14.9. The predicted molar refractivity (Wildman–Crippen MR) is 98.4 cm³/mol. The molecule has 4 nitrogen and oxygen atoms in total. The molecule has 24 heavy (non-hydrogen) atoms. The van der Waals surface area contributed by atoms with Gasteiger partial charge in [0, 0.05) is 5.92 Å². The summed E-state index contributed by atoms with van der Waals surface area (Å²) in [5.41, 5.74) is 7.02. The van der Waals surface area contributed by atoms with Crippen LogP contribution < -0.4 is 0 Å². The van der Waals surface area contributed by atoms with E-state index in [2.05, 4.69) is 63.3 Å². The van der Waals surface area contributed by atoms with E-state index in [0.29, 0.717) is 5.92 Å². The topological polar surface area (TPSA) is 57.4 Å². The second-order valence-electron chi connectivity index (χ2n) is 6.47. The lowest BCUT2D eigenvalue weighted by atomic mass is 9.86. The summed E-state index contributed by atoms with van der Waals surface area (Å²) in [5.74, 6) is 2.24. The number of nitrogens with one attached hydrogen (secondary N) is 2. The fourth-order valence-electron chi connectivity index (χ4n) is 3.70. The van der Waals surface area contributed by atoms with Crippen molar-refractivity contribution < 1.29 is 0 Å². The monoisotopic (exact) mass is 318 g/mol. The summed E-state index contributed by atoms with van der Waals surface area (Å²) >= 11 is 0. The Kier molecular flexibility index (Phi) is 3.60. The smallest absolute Gasteiger partial charge is 0.104 e. The number of hydrogen-bond acceptors (Lipinski definition) is 2. The average molecular weight is 318 g/mol. The zero-order valence-corrected chi connectivity index (χ0v) is 14.4. The van der Waals surface area contributed by atoms with Gasteiger partial charge in [-0.1, -0.05) is 37.6 Å². The van der Waals surface area contributed by atoms with Crippen molar-refractivity contribution in [1.82, 2.24) is 19.9 Å². The van der Waals surface area contributed by atoms with E-state index in [4.69, 9.17) is 0 Å². The van der Waals surface area contributed by atoms with Gasteiger partial charge in [-0.25, -0.2) is 9.97 Å². The Morgan fingerprint density at radius 3 is 1.79 bits per heavy atom. The van der Waals surface area contributed by atoms with Gasteiger partial charge in [0.1, 0.15) is 11.6 Å². The van der Waals surface area contributed by atoms with Crippen LogP contribution in [0.4, 0.5) is 0 Å². The first-order valence-corrected chi connectivity index (χ1v) is 8.58. The maximum atomic E-state index is 4.60. The van der Waals surface area contributed by atoms with Crippen molar-refractivity contribution >= 4 is 22.1 Å². The SMILES string of the molecule is CCCC(c1cccc2nc(C)[nH]c12)c1cccc2nc(C)[nH]c12. The Hall–Kier alpha value is -2.62. The predicted octanol–water partition coefficient (Wildman–Crippen LogP) is 4.99. The Labute approximate surface area is 141 Å². The lowest BCUT2D eigenvalue weighted by molar-refractivity contribution is 0.705. The van der Waals surface area contributed by atoms with Gasteiger partial charge in [-0.3, -0.25) is 0 Å². The van der Waals surface area contributed by atoms with Gasteiger partial charge < -0.3 is 9.97 Å². The third-order valence-corrected chi connectivity index (χ3v) is 4.67. The van der Waals surface area contributed by atoms with Crippen molar-refractivity contribution in [3.63, 3.8) is 0 Å². The number of hydrogen-bond donors (Lipinski definition) is 2. The first-order valence-electron chi connectivity index (χ1n) is 8.58. The summed E-state index contributed by atoms with van der Waals surface area (Å²) in [6, 6.07) is 12.8. The summed E-state index contributed by atoms with van der Waals surface area (Å²) in [6.07, 6.45) is 2.21. The van der Waals surface area contributed by atoms with Crippen LogP contribution >= 0.6 is 0 Å². The molecule has 0 aliphatic carbocycles. The van der Waals surface area contributed by atoms with Gasteiger partial charge in [0.25, 0.3) is 0 Å². The molecule has 2 N–H and O–H groups in total. The van der Waals surface area contributed by atoms with Crippen LogP contribution in [0.25, 0.3) is 22.1 Å². The first kappa shape index (κ1) is 14.9. The van der Waals surface area contributed by atoms with E-state index in [1.54, 1.807) is 0 Å². The number of aromatic nitrogens is 4. The highest BCUT2D eigenvalue weighted by molar-refractivity contribution is 5.83. The minimum Gasteiger partial charge on any atom is -0.342 e. The molecule has 0 spiro atoms. The lowest BCUT2D eigenvalue weighted by Crippen LogP contribution is -2.03. The number of H-pyrrole nitrogens is 2. The Morgan fingerprint density at radius 2 is 1.33 bits per heavy atom. The molecule has 0 amide bonds. The number of aryl methyl sites for hydroxylation is 2. The van der Waals surface area contributed by atoms with Crippen LogP contribution in [-0.4, -0.2) is 19.9 Å². The van der Waals surface area contributed by atoms with Gasteiger partial charge in [0.15, 0.2) is 0 Å². The molecule has 0 aliphatic rings. The third kappa shape index (κ3) is 2.39. The maximum Gasteiger partial charge on any atom is 0.104 e. The third-order valence-electron chi connectivity index (χ3n) is 4.67. The first-order chi connectivity index (χ1) is 11.7. The molecule has 2 aromatic heterocycles. The summed E-state index contributed by atoms with van der Waals surface area (Å²) in [4.78, 5) is 16.1. The second-order valence-corrected chi connectivity index (χ2v) is 6.47. The minimum absolute atomic E-state index is 0.321. The van der Waals surface area contributed by atoms with Gasteiger partial charge in [0.05, 0.1) is 22.1 Å². The molecule has 4 aromatic rings. The zero-order valence-electron chi connectivity index (χ0n) is 14.4. The van der Waals surface area contributed by atoms with Gasteiger partial charge in [-0.15, -0.1) is 0 Å². The van der Waals surface area contributed by atoms with Crippen molar-refractivity contribution in [2.45, 2.75) is 39.5 Å². The number of fused-ring (bicyclic) bond motifs is 2. The van der Waals surface area contributed by atoms with Crippen LogP contribution in [0.2, 0.25) is 0 Å². The van der Waals surface area contributed by atoms with Crippen LogP contribution in [0, 0.1) is 13.8 Å². The van der Waals surface area contributed by atoms with Crippen LogP contribution in [0.5, 0.6) is 0 Å². The minimum atomic E-state index is 0.321. The molecule has 0 fully saturated rings. The molecule has 2 aromatic carbocycles. The van der Waals surface area contributed by atoms with E-state index in [9.17, 15) is 0 Å². The largest absolute Gasteiger partial charge is 0.342 e. The van der Waals surface area contributed by atoms with E-state index >= 15 is 0 Å². The molecule has 2 heterocycles. The summed E-state index contributed by atoms with van der Waals surface area (Å²) < 4.78 is 0. The van der Waals surface area contributed by atoms with Crippen LogP contribution in [0.3, 0.4) is 0 Å². The van der Waals surface area contributed by atoms with E-state index in [0.717, 1.165) is 46.6 Å². The maximum absolute atomic E-state index is 4.60. The van der Waals surface area contributed by atoms with Gasteiger partial charge in [-0.2, -0.15) is 0 Å². The standard InChI is InChI=1S/C20H22N4/c1-4-7-14(15-8-5-10-17-19(15)23-12(2)21-17)16-9-6-11-18-20(16)24-13(3)22-18/h5-6,8-11,14H,4,7H2,1-3H3,(H,21,23)(H,22,24). The van der Waals surface area contributed by atoms with Crippen molar-refractivity contribution in [2.24, 2.45) is 0 Å². The van der Waals surface area contributed by atoms with Crippen molar-refractivity contribution in [3.05, 3.63) is 59.2 Å². The molecular weight excluding hydrogens is 296 g/mol. The van der Waals surface area contributed by atoms with E-state index < -0.39 is 0 Å². The Morgan fingerprint density at radius 1 is 0.833 bits per heavy atom. The molecule has 0 atom stereocenters. The van der Waals surface area contributed by atoms with Crippen molar-refractivity contribution in [2.75, 3.05) is 0 Å². The quantitative estimate of drug-likeness (QED) is 0.557. The molecule has 0 radical (unpaired) electrons. The Balaban J connectivity index is 1.96. The number of imidazole rings is 2. The molecule has 4 heteroatoms. The molecule has 0 saturated carbocycles. The van der Waals surface area contributed by atoms with E-state index in [1.807, 2.05) is 13.8 Å². The number of nitrogens with zero attached hydrogens (tertiary/aromatic N) is 2. The number of benzene rings is 2. The van der Waals surface area contributed by atoms with Gasteiger partial charge >= 0.3 is 0 Å². The fourth-order valence-corrected chi connectivity index (χ4v) is 3.70. The van der Waals surface area contributed by atoms with Gasteiger partial charge in [0.2, 0.25) is 0 Å². The average Bonchev–Trinajstić information content (AvgIpc) is 3.12. The second kappa shape index (κ2) is 5.78. The molecule has 0 aliphatic heterocycles. The van der Waals surface area contributed by atoms with Gasteiger partial charge in [-0.05, 0) is 43.5 Å². The lowest BCUT2D eigenvalue weighted by Gasteiger charge is -2.18. The highest BCUT2D eigenvalue weighted by Crippen LogP contribution is 2.36. The molecule has 0 saturated heterocycles. The molecule has 0 unspecified atom stereocenters. The Bertz CT molecular complexity index is 929. The van der Waals surface area contributed by atoms with Crippen LogP contribution in [-0.2, 0) is 0 Å². The van der Waals surface area contributed by atoms with E-state index in [1.165, 1.54) is 11.1 Å². The van der Waals surface area contributed by atoms with E-state index in [-0.39, 0.29) is 0 Å². The molecule has 0 bridgehead atoms. The number of aromatic amines is 2. The summed E-state index contributed by atoms with van der Waals surface area (Å²) in [6.45, 7) is 6.26. The van der Waals surface area contributed by atoms with Crippen molar-refractivity contribution in [1.29, 1.82) is 0 Å². The zero-order chi connectivity index (χ0) is 16.7. The molecular formula is C20H22N4. The molecule has 122 valence electrons. The highest BCUT2D eigenvalue weighted by Gasteiger charge is 2.20. The van der Waals surface area contributed by atoms with Crippen molar-refractivity contribution in [3.8, 4) is 0 Å². The fraction of sp³-hybridized carbons (Fsp3) is 0.300.